The Kier molecular flexibility index (Phi) is 6.03. The van der Waals surface area contributed by atoms with Crippen LogP contribution in [0.25, 0.3) is 10.8 Å². The van der Waals surface area contributed by atoms with Crippen molar-refractivity contribution in [2.75, 3.05) is 39.4 Å². The Morgan fingerprint density at radius 3 is 2.41 bits per heavy atom. The van der Waals surface area contributed by atoms with Crippen LogP contribution in [0, 0.1) is 0 Å². The highest BCUT2D eigenvalue weighted by Crippen LogP contribution is 2.31. The lowest BCUT2D eigenvalue weighted by molar-refractivity contribution is -0.146. The van der Waals surface area contributed by atoms with Crippen molar-refractivity contribution in [2.24, 2.45) is 0 Å². The maximum Gasteiger partial charge on any atom is 0.267 e. The summed E-state index contributed by atoms with van der Waals surface area (Å²) < 4.78 is 17.2. The van der Waals surface area contributed by atoms with Gasteiger partial charge in [-0.15, -0.1) is 0 Å². The zero-order valence-corrected chi connectivity index (χ0v) is 18.5. The first-order valence-corrected chi connectivity index (χ1v) is 11.2. The van der Waals surface area contributed by atoms with E-state index in [9.17, 15) is 14.4 Å². The zero-order valence-electron chi connectivity index (χ0n) is 18.5. The molecule has 0 spiro atoms. The fourth-order valence-electron chi connectivity index (χ4n) is 4.27. The molecule has 2 aliphatic rings. The molecule has 1 atom stereocenters. The molecule has 1 unspecified atom stereocenters. The fraction of sp³-hybridized carbons (Fsp3) is 0.269. The molecule has 8 heteroatoms. The molecule has 3 aromatic carbocycles. The van der Waals surface area contributed by atoms with Crippen LogP contribution in [-0.4, -0.2) is 73.4 Å². The van der Waals surface area contributed by atoms with E-state index < -0.39 is 6.10 Å². The molecule has 5 rings (SSSR count). The van der Waals surface area contributed by atoms with Crippen molar-refractivity contribution in [3.05, 3.63) is 66.2 Å². The molecule has 0 bridgehead atoms. The number of nitrogens with zero attached hydrogens (tertiary/aromatic N) is 2. The van der Waals surface area contributed by atoms with Crippen LogP contribution in [0.4, 0.5) is 0 Å². The van der Waals surface area contributed by atoms with Crippen molar-refractivity contribution in [3.63, 3.8) is 0 Å². The molecule has 0 N–H and O–H groups in total. The maximum atomic E-state index is 12.9. The van der Waals surface area contributed by atoms with Crippen molar-refractivity contribution in [2.45, 2.75) is 6.10 Å². The van der Waals surface area contributed by atoms with E-state index in [0.29, 0.717) is 49.0 Å². The van der Waals surface area contributed by atoms with Crippen LogP contribution in [0.15, 0.2) is 60.7 Å². The van der Waals surface area contributed by atoms with Crippen LogP contribution >= 0.6 is 0 Å². The number of para-hydroxylation sites is 2. The van der Waals surface area contributed by atoms with E-state index in [1.54, 1.807) is 28.0 Å². The summed E-state index contributed by atoms with van der Waals surface area (Å²) in [5, 5.41) is 1.71. The van der Waals surface area contributed by atoms with Crippen molar-refractivity contribution < 1.29 is 28.6 Å². The van der Waals surface area contributed by atoms with Gasteiger partial charge in [-0.05, 0) is 29.0 Å². The smallest absolute Gasteiger partial charge is 0.267 e. The summed E-state index contributed by atoms with van der Waals surface area (Å²) in [5.74, 6) is 1.23. The maximum absolute atomic E-state index is 12.9. The van der Waals surface area contributed by atoms with E-state index in [0.717, 1.165) is 17.1 Å². The third kappa shape index (κ3) is 4.26. The first kappa shape index (κ1) is 21.8. The minimum atomic E-state index is -0.699. The minimum absolute atomic E-state index is 0.148. The van der Waals surface area contributed by atoms with Crippen LogP contribution < -0.4 is 14.2 Å². The average molecular weight is 460 g/mol. The van der Waals surface area contributed by atoms with Crippen molar-refractivity contribution in [1.29, 1.82) is 0 Å². The molecule has 2 aliphatic heterocycles. The van der Waals surface area contributed by atoms with Gasteiger partial charge in [0, 0.05) is 26.2 Å². The summed E-state index contributed by atoms with van der Waals surface area (Å²) in [6.07, 6.45) is 0.0530. The molecule has 2 amide bonds. The number of carbonyl (C=O) groups is 3. The van der Waals surface area contributed by atoms with Gasteiger partial charge in [-0.3, -0.25) is 14.4 Å². The Morgan fingerprint density at radius 2 is 1.62 bits per heavy atom. The average Bonchev–Trinajstić information content (AvgIpc) is 2.90. The predicted molar refractivity (Wildman–Crippen MR) is 124 cm³/mol. The van der Waals surface area contributed by atoms with Crippen LogP contribution in [-0.2, 0) is 9.59 Å². The van der Waals surface area contributed by atoms with Crippen LogP contribution in [0.2, 0.25) is 0 Å². The molecule has 8 nitrogen and oxygen atoms in total. The normalized spacial score (nSPS) is 17.4. The lowest BCUT2D eigenvalue weighted by Crippen LogP contribution is -2.55. The summed E-state index contributed by atoms with van der Waals surface area (Å²) >= 11 is 0. The third-order valence-electron chi connectivity index (χ3n) is 6.13. The fourth-order valence-corrected chi connectivity index (χ4v) is 4.27. The second-order valence-electron chi connectivity index (χ2n) is 8.18. The molecule has 1 saturated heterocycles. The second kappa shape index (κ2) is 9.43. The minimum Gasteiger partial charge on any atom is -0.485 e. The van der Waals surface area contributed by atoms with Gasteiger partial charge >= 0.3 is 0 Å². The van der Waals surface area contributed by atoms with E-state index in [2.05, 4.69) is 0 Å². The number of rotatable bonds is 5. The summed E-state index contributed by atoms with van der Waals surface area (Å²) in [7, 11) is 0. The zero-order chi connectivity index (χ0) is 23.5. The molecular weight excluding hydrogens is 436 g/mol. The summed E-state index contributed by atoms with van der Waals surface area (Å²) in [4.78, 5) is 40.6. The number of aldehydes is 1. The molecule has 34 heavy (non-hydrogen) atoms. The predicted octanol–water partition coefficient (Wildman–Crippen LogP) is 2.54. The summed E-state index contributed by atoms with van der Waals surface area (Å²) in [5.41, 5.74) is 0.428. The Hall–Kier alpha value is -4.07. The van der Waals surface area contributed by atoms with E-state index in [1.807, 2.05) is 42.5 Å². The Balaban J connectivity index is 1.15. The SMILES string of the molecule is O=Cc1c(OCC(=O)N2CCN(C(=O)C3COc4ccccc4O3)CC2)ccc2ccccc12. The third-order valence-corrected chi connectivity index (χ3v) is 6.13. The van der Waals surface area contributed by atoms with Gasteiger partial charge in [0.05, 0.1) is 5.56 Å². The molecule has 3 aromatic rings. The molecule has 1 fully saturated rings. The van der Waals surface area contributed by atoms with Gasteiger partial charge in [0.25, 0.3) is 11.8 Å². The molecule has 0 aliphatic carbocycles. The van der Waals surface area contributed by atoms with Crippen LogP contribution in [0.1, 0.15) is 10.4 Å². The van der Waals surface area contributed by atoms with Gasteiger partial charge in [0.15, 0.2) is 24.4 Å². The highest BCUT2D eigenvalue weighted by Gasteiger charge is 2.33. The van der Waals surface area contributed by atoms with Gasteiger partial charge in [-0.1, -0.05) is 42.5 Å². The van der Waals surface area contributed by atoms with Crippen molar-refractivity contribution >= 4 is 28.9 Å². The largest absolute Gasteiger partial charge is 0.485 e. The molecule has 174 valence electrons. The van der Waals surface area contributed by atoms with E-state index in [4.69, 9.17) is 14.2 Å². The highest BCUT2D eigenvalue weighted by molar-refractivity contribution is 6.00. The summed E-state index contributed by atoms with van der Waals surface area (Å²) in [6.45, 7) is 1.59. The topological polar surface area (TPSA) is 85.4 Å². The number of hydrogen-bond donors (Lipinski definition) is 0. The van der Waals surface area contributed by atoms with Gasteiger partial charge < -0.3 is 24.0 Å². The van der Waals surface area contributed by atoms with Crippen LogP contribution in [0.5, 0.6) is 17.2 Å². The molecule has 0 saturated carbocycles. The second-order valence-corrected chi connectivity index (χ2v) is 8.18. The van der Waals surface area contributed by atoms with Crippen molar-refractivity contribution in [1.82, 2.24) is 9.80 Å². The highest BCUT2D eigenvalue weighted by atomic mass is 16.6. The van der Waals surface area contributed by atoms with Gasteiger partial charge in [-0.25, -0.2) is 0 Å². The summed E-state index contributed by atoms with van der Waals surface area (Å²) in [6, 6.07) is 18.4. The van der Waals surface area contributed by atoms with Gasteiger partial charge in [0.1, 0.15) is 12.4 Å². The molecular formula is C26H24N2O6. The lowest BCUT2D eigenvalue weighted by atomic mass is 10.0. The number of amides is 2. The number of piperazine rings is 1. The Morgan fingerprint density at radius 1 is 0.912 bits per heavy atom. The monoisotopic (exact) mass is 460 g/mol. The molecule has 0 aromatic heterocycles. The number of hydrogen-bond acceptors (Lipinski definition) is 6. The number of ether oxygens (including phenoxy) is 3. The van der Waals surface area contributed by atoms with Gasteiger partial charge in [0.2, 0.25) is 6.10 Å². The standard InChI is InChI=1S/C26H24N2O6/c29-15-20-19-6-2-1-5-18(19)9-10-21(20)33-17-25(30)27-11-13-28(14-12-27)26(31)24-16-32-22-7-3-4-8-23(22)34-24/h1-10,15,24H,11-14,16-17H2. The number of fused-ring (bicyclic) bond motifs is 2. The van der Waals surface area contributed by atoms with E-state index >= 15 is 0 Å². The quantitative estimate of drug-likeness (QED) is 0.544. The van der Waals surface area contributed by atoms with Crippen LogP contribution in [0.3, 0.4) is 0 Å². The number of carbonyl (C=O) groups excluding carboxylic acids is 3. The molecule has 2 heterocycles. The Labute approximate surface area is 196 Å². The van der Waals surface area contributed by atoms with Crippen molar-refractivity contribution in [3.8, 4) is 17.2 Å². The molecule has 0 radical (unpaired) electrons. The Bertz CT molecular complexity index is 1230. The number of benzene rings is 3. The van der Waals surface area contributed by atoms with E-state index in [1.165, 1.54) is 0 Å². The lowest BCUT2D eigenvalue weighted by Gasteiger charge is -2.37. The van der Waals surface area contributed by atoms with E-state index in [-0.39, 0.29) is 25.0 Å². The van der Waals surface area contributed by atoms with Gasteiger partial charge in [-0.2, -0.15) is 0 Å². The first-order chi connectivity index (χ1) is 16.6. The first-order valence-electron chi connectivity index (χ1n) is 11.2.